The molecule has 0 saturated heterocycles. The monoisotopic (exact) mass is 1400 g/mol. The maximum atomic E-state index is 12.9. The highest BCUT2D eigenvalue weighted by Crippen LogP contribution is 2.36. The van der Waals surface area contributed by atoms with Gasteiger partial charge in [0.1, 0.15) is 91.8 Å². The van der Waals surface area contributed by atoms with Crippen LogP contribution in [-0.4, -0.2) is 113 Å². The molecule has 0 aliphatic rings. The van der Waals surface area contributed by atoms with Gasteiger partial charge in [-0.05, 0) is 151 Å². The average Bonchev–Trinajstić information content (AvgIpc) is 1.68. The number of aromatic nitrogens is 12. The van der Waals surface area contributed by atoms with Crippen molar-refractivity contribution in [2.24, 2.45) is 0 Å². The lowest BCUT2D eigenvalue weighted by molar-refractivity contribution is -0.125. The number of carbonyl (C=O) groups excluding carboxylic acids is 6. The second-order valence-corrected chi connectivity index (χ2v) is 23.8. The van der Waals surface area contributed by atoms with Gasteiger partial charge >= 0.3 is 0 Å². The number of imidazole rings is 3. The molecule has 6 amide bonds. The molecule has 0 saturated carbocycles. The van der Waals surface area contributed by atoms with Crippen LogP contribution in [0.3, 0.4) is 0 Å². The summed E-state index contributed by atoms with van der Waals surface area (Å²) in [6.07, 6.45) is 15.0. The minimum absolute atomic E-state index is 0.268. The van der Waals surface area contributed by atoms with Crippen LogP contribution in [0.5, 0.6) is 5.75 Å². The number of nitrogens with zero attached hydrogens (tertiary/aromatic N) is 13. The van der Waals surface area contributed by atoms with E-state index in [4.69, 9.17) is 36.9 Å². The number of aryl methyl sites for hydroxylation is 3. The van der Waals surface area contributed by atoms with Crippen molar-refractivity contribution in [3.63, 3.8) is 0 Å². The molecule has 0 aliphatic heterocycles. The van der Waals surface area contributed by atoms with E-state index in [0.717, 1.165) is 27.8 Å². The molecule has 9 heterocycles. The molecule has 0 spiro atoms. The Balaban J connectivity index is 0.000000169. The van der Waals surface area contributed by atoms with Crippen LogP contribution >= 0.6 is 0 Å². The van der Waals surface area contributed by atoms with Crippen LogP contribution in [0.2, 0.25) is 0 Å². The van der Waals surface area contributed by atoms with E-state index >= 15 is 0 Å². The lowest BCUT2D eigenvalue weighted by Crippen LogP contribution is -2.29. The van der Waals surface area contributed by atoms with E-state index in [1.165, 1.54) is 12.0 Å². The summed E-state index contributed by atoms with van der Waals surface area (Å²) in [6, 6.07) is 28.7. The zero-order chi connectivity index (χ0) is 75.2. The highest BCUT2D eigenvalue weighted by atomic mass is 16.5. The topological polar surface area (TPSA) is 382 Å². The van der Waals surface area contributed by atoms with Crippen molar-refractivity contribution in [1.29, 1.82) is 0 Å². The zero-order valence-electron chi connectivity index (χ0n) is 59.1. The first kappa shape index (κ1) is 73.4. The molecular weight excluding hydrogens is 1330 g/mol. The molecule has 28 heteroatoms. The molecule has 11 N–H and O–H groups in total. The lowest BCUT2D eigenvalue weighted by atomic mass is 10.1. The quantitative estimate of drug-likeness (QED) is 0.0417. The predicted molar refractivity (Wildman–Crippen MR) is 400 cm³/mol. The first-order valence-electron chi connectivity index (χ1n) is 32.6. The number of amides is 6. The second-order valence-electron chi connectivity index (χ2n) is 23.8. The normalized spacial score (nSPS) is 11.4. The van der Waals surface area contributed by atoms with Crippen molar-refractivity contribution in [1.82, 2.24) is 73.6 Å². The SMILES string of the molecule is CC#CC(=O)N(C)[C@@H](C)c1nc(-c2ccc(C(=O)Nc3ccc(C)cn3)cc2)c2c(N)nccn12.CC#CC(=O)N[C@@H](C)c1nc(-c2ccc(C(=O)Nc3ccc(C)cn3)c(OC)c2)c2c(N)nccn12.CC#CC(=O)N[C@@H](C)c1nc(-c2ccc(C(=O)Nc3ccc(C)cn3)cc2)c2c(N)nccn12. The third-order valence-electron chi connectivity index (χ3n) is 16.3. The Morgan fingerprint density at radius 3 is 1.20 bits per heavy atom. The lowest BCUT2D eigenvalue weighted by Gasteiger charge is -2.21. The molecule has 12 aromatic rings. The van der Waals surface area contributed by atoms with Crippen molar-refractivity contribution < 1.29 is 33.5 Å². The number of hydrogen-bond donors (Lipinski definition) is 8. The van der Waals surface area contributed by atoms with Gasteiger partial charge in [-0.3, -0.25) is 42.0 Å². The van der Waals surface area contributed by atoms with Crippen molar-refractivity contribution in [3.05, 3.63) is 210 Å². The van der Waals surface area contributed by atoms with Crippen LogP contribution in [0, 0.1) is 56.3 Å². The van der Waals surface area contributed by atoms with Gasteiger partial charge in [0.25, 0.3) is 35.4 Å². The summed E-state index contributed by atoms with van der Waals surface area (Å²) in [7, 11) is 3.16. The van der Waals surface area contributed by atoms with Gasteiger partial charge in [-0.2, -0.15) is 0 Å². The van der Waals surface area contributed by atoms with Gasteiger partial charge in [0.05, 0.1) is 30.8 Å². The van der Waals surface area contributed by atoms with Crippen LogP contribution < -0.4 is 48.5 Å². The Labute approximate surface area is 603 Å². The van der Waals surface area contributed by atoms with Gasteiger partial charge < -0.3 is 53.4 Å². The Kier molecular flexibility index (Phi) is 22.9. The molecule has 12 rings (SSSR count). The minimum atomic E-state index is -0.463. The average molecular weight is 1400 g/mol. The van der Waals surface area contributed by atoms with E-state index < -0.39 is 23.9 Å². The Hall–Kier alpha value is -14.3. The van der Waals surface area contributed by atoms with E-state index in [9.17, 15) is 28.8 Å². The van der Waals surface area contributed by atoms with Gasteiger partial charge in [0.15, 0.2) is 0 Å². The zero-order valence-corrected chi connectivity index (χ0v) is 59.1. The number of nitrogens with two attached hydrogens (primary N) is 3. The second kappa shape index (κ2) is 32.8. The number of hydrogen-bond acceptors (Lipinski definition) is 19. The standard InChI is InChI=1S/C26H25N7O3.C26H25N7O2.C25H23N7O2/c1-5-6-21(34)30-16(3)25-32-22(23-24(27)28-11-12-33(23)25)17-8-9-18(19(13-17)36-4)26(35)31-20-10-7-15(2)14-29-20;1-5-6-21(34)32(4)17(3)25-31-22(23-24(27)28-13-14-33(23)25)18-8-10-19(11-9-18)26(35)30-20-12-7-16(2)15-29-20;1-4-5-20(33)29-16(3)24-31-21(22-23(26)27-12-13-32(22)24)17-7-9-18(10-8-17)25(34)30-19-11-6-15(2)14-28-19/h7-14,16H,1-4H3,(H2,27,28)(H,30,34)(H,29,31,35);7-15,17H,1-4H3,(H2,27,28)(H,29,30,35);6-14,16H,1-3H3,(H2,26,27)(H,29,33)(H,28,30,34)/t16-;17-;16-/m000/s1. The fourth-order valence-corrected chi connectivity index (χ4v) is 10.9. The summed E-state index contributed by atoms with van der Waals surface area (Å²) < 4.78 is 10.9. The van der Waals surface area contributed by atoms with E-state index in [1.807, 2.05) is 57.2 Å². The molecule has 28 nitrogen and oxygen atoms in total. The molecule has 105 heavy (non-hydrogen) atoms. The molecule has 3 atom stereocenters. The molecular formula is C77H73N21O7. The minimum Gasteiger partial charge on any atom is -0.496 e. The van der Waals surface area contributed by atoms with Crippen molar-refractivity contribution in [2.75, 3.05) is 47.3 Å². The third kappa shape index (κ3) is 16.9. The summed E-state index contributed by atoms with van der Waals surface area (Å²) in [5, 5.41) is 14.0. The number of carbonyl (C=O) groups is 6. The number of benzene rings is 3. The van der Waals surface area contributed by atoms with E-state index in [-0.39, 0.29) is 35.5 Å². The van der Waals surface area contributed by atoms with Gasteiger partial charge in [0.2, 0.25) is 0 Å². The molecule has 3 aromatic carbocycles. The van der Waals surface area contributed by atoms with Crippen molar-refractivity contribution in [2.45, 2.75) is 80.4 Å². The fraction of sp³-hybridized carbons (Fsp3) is 0.182. The van der Waals surface area contributed by atoms with E-state index in [1.54, 1.807) is 184 Å². The first-order chi connectivity index (χ1) is 50.5. The molecule has 528 valence electrons. The summed E-state index contributed by atoms with van der Waals surface area (Å²) in [4.78, 5) is 116. The summed E-state index contributed by atoms with van der Waals surface area (Å²) in [6.45, 7) is 16.1. The summed E-state index contributed by atoms with van der Waals surface area (Å²) in [5.74, 6) is 17.6. The Morgan fingerprint density at radius 1 is 0.467 bits per heavy atom. The largest absolute Gasteiger partial charge is 0.496 e. The molecule has 0 aliphatic carbocycles. The summed E-state index contributed by atoms with van der Waals surface area (Å²) in [5.41, 5.74) is 28.6. The van der Waals surface area contributed by atoms with Gasteiger partial charge in [-0.25, -0.2) is 44.9 Å². The van der Waals surface area contributed by atoms with E-state index in [2.05, 4.69) is 92.0 Å². The molecule has 9 aromatic heterocycles. The number of fused-ring (bicyclic) bond motifs is 3. The van der Waals surface area contributed by atoms with Gasteiger partial charge in [-0.15, -0.1) is 0 Å². The number of anilines is 6. The fourth-order valence-electron chi connectivity index (χ4n) is 10.9. The number of methoxy groups -OCH3 is 1. The molecule has 0 bridgehead atoms. The van der Waals surface area contributed by atoms with Gasteiger partial charge in [-0.1, -0.05) is 66.3 Å². The maximum Gasteiger partial charge on any atom is 0.298 e. The number of pyridine rings is 3. The highest BCUT2D eigenvalue weighted by Gasteiger charge is 2.27. The van der Waals surface area contributed by atoms with Crippen molar-refractivity contribution >= 4 is 86.9 Å². The predicted octanol–water partition coefficient (Wildman–Crippen LogP) is 9.75. The van der Waals surface area contributed by atoms with Crippen LogP contribution in [-0.2, 0) is 14.4 Å². The number of ether oxygens (including phenoxy) is 1. The van der Waals surface area contributed by atoms with Crippen LogP contribution in [0.4, 0.5) is 34.9 Å². The Morgan fingerprint density at radius 2 is 0.829 bits per heavy atom. The molecule has 0 fully saturated rings. The Bertz CT molecular complexity index is 5480. The van der Waals surface area contributed by atoms with Crippen molar-refractivity contribution in [3.8, 4) is 75.0 Å². The van der Waals surface area contributed by atoms with Gasteiger partial charge in [0, 0.05) is 90.6 Å². The van der Waals surface area contributed by atoms with E-state index in [0.29, 0.717) is 108 Å². The number of rotatable bonds is 16. The molecule has 0 radical (unpaired) electrons. The smallest absolute Gasteiger partial charge is 0.298 e. The number of nitrogen functional groups attached to an aromatic ring is 3. The highest BCUT2D eigenvalue weighted by molar-refractivity contribution is 6.07. The van der Waals surface area contributed by atoms with Crippen LogP contribution in [0.25, 0.3) is 50.3 Å². The maximum absolute atomic E-state index is 12.9. The van der Waals surface area contributed by atoms with Crippen LogP contribution in [0.15, 0.2) is 159 Å². The summed E-state index contributed by atoms with van der Waals surface area (Å²) >= 11 is 0. The molecule has 0 unspecified atom stereocenters. The van der Waals surface area contributed by atoms with Crippen LogP contribution in [0.1, 0.15) is 125 Å². The first-order valence-corrected chi connectivity index (χ1v) is 32.6. The third-order valence-corrected chi connectivity index (χ3v) is 16.3. The number of nitrogens with one attached hydrogen (secondary N) is 5.